The molecule has 0 saturated carbocycles. The number of anilines is 1. The Morgan fingerprint density at radius 3 is 2.56 bits per heavy atom. The molecule has 2 heterocycles. The van der Waals surface area contributed by atoms with Gasteiger partial charge in [0.15, 0.2) is 0 Å². The number of urea groups is 1. The second-order valence-corrected chi connectivity index (χ2v) is 5.83. The molecule has 0 bridgehead atoms. The number of nitrogens with one attached hydrogen (secondary N) is 3. The van der Waals surface area contributed by atoms with E-state index in [1.54, 1.807) is 17.2 Å². The highest BCUT2D eigenvalue weighted by Crippen LogP contribution is 2.09. The number of hydrogen-bond acceptors (Lipinski definition) is 5. The van der Waals surface area contributed by atoms with Crippen molar-refractivity contribution in [3.05, 3.63) is 52.6 Å². The number of carbonyl (C=O) groups is 1. The maximum atomic E-state index is 12.3. The van der Waals surface area contributed by atoms with Crippen molar-refractivity contribution in [2.75, 3.05) is 38.5 Å². The van der Waals surface area contributed by atoms with Crippen LogP contribution < -0.4 is 21.6 Å². The Balaban J connectivity index is 1.72. The van der Waals surface area contributed by atoms with Crippen molar-refractivity contribution >= 4 is 11.8 Å². The lowest BCUT2D eigenvalue weighted by molar-refractivity contribution is 0.204. The number of rotatable bonds is 4. The second kappa shape index (κ2) is 7.91. The van der Waals surface area contributed by atoms with E-state index >= 15 is 0 Å². The number of aromatic nitrogens is 2. The normalized spacial score (nSPS) is 14.4. The van der Waals surface area contributed by atoms with Crippen LogP contribution in [0.25, 0.3) is 5.69 Å². The van der Waals surface area contributed by atoms with Gasteiger partial charge in [0.1, 0.15) is 5.82 Å². The van der Waals surface area contributed by atoms with Crippen molar-refractivity contribution in [2.24, 2.45) is 0 Å². The first-order valence-corrected chi connectivity index (χ1v) is 8.27. The van der Waals surface area contributed by atoms with Crippen LogP contribution in [-0.4, -0.2) is 53.7 Å². The van der Waals surface area contributed by atoms with Crippen molar-refractivity contribution in [3.63, 3.8) is 0 Å². The molecule has 1 saturated heterocycles. The van der Waals surface area contributed by atoms with Gasteiger partial charge in [0.25, 0.3) is 0 Å². The molecular formula is C17H22N6O2. The molecule has 25 heavy (non-hydrogen) atoms. The number of carbonyl (C=O) groups excluding carboxylic acids is 1. The average Bonchev–Trinajstić information content (AvgIpc) is 2.64. The number of piperazine rings is 1. The van der Waals surface area contributed by atoms with Crippen LogP contribution in [0.1, 0.15) is 5.56 Å². The van der Waals surface area contributed by atoms with Crippen LogP contribution >= 0.6 is 0 Å². The van der Waals surface area contributed by atoms with Gasteiger partial charge in [-0.15, -0.1) is 0 Å². The van der Waals surface area contributed by atoms with E-state index in [9.17, 15) is 9.59 Å². The summed E-state index contributed by atoms with van der Waals surface area (Å²) in [5.74, 6) is 0.261. The standard InChI is InChI=1S/C17H22N6O2/c1-18-12-13-2-4-14(5-3-13)23-9-6-15(21-17(23)25)20-16(24)22-10-7-19-8-11-22/h2-6,9,18-19H,7-8,10-12H2,1H3,(H,20,21,24,25). The zero-order valence-corrected chi connectivity index (χ0v) is 14.2. The Kier molecular flexibility index (Phi) is 5.42. The summed E-state index contributed by atoms with van der Waals surface area (Å²) in [5.41, 5.74) is 1.43. The molecule has 2 amide bonds. The molecule has 1 aliphatic rings. The van der Waals surface area contributed by atoms with E-state index in [-0.39, 0.29) is 11.8 Å². The lowest BCUT2D eigenvalue weighted by Gasteiger charge is -2.27. The van der Waals surface area contributed by atoms with E-state index in [1.807, 2.05) is 31.3 Å². The van der Waals surface area contributed by atoms with E-state index in [1.165, 1.54) is 4.57 Å². The monoisotopic (exact) mass is 342 g/mol. The van der Waals surface area contributed by atoms with Crippen LogP contribution in [-0.2, 0) is 6.54 Å². The fraction of sp³-hybridized carbons (Fsp3) is 0.353. The summed E-state index contributed by atoms with van der Waals surface area (Å²) in [5, 5.41) is 8.95. The minimum Gasteiger partial charge on any atom is -0.322 e. The Morgan fingerprint density at radius 1 is 1.20 bits per heavy atom. The first-order valence-electron chi connectivity index (χ1n) is 8.27. The number of amides is 2. The second-order valence-electron chi connectivity index (χ2n) is 5.83. The highest BCUT2D eigenvalue weighted by molar-refractivity contribution is 5.88. The maximum absolute atomic E-state index is 12.3. The SMILES string of the molecule is CNCc1ccc(-n2ccc(NC(=O)N3CCNCC3)nc2=O)cc1. The Hall–Kier alpha value is -2.71. The van der Waals surface area contributed by atoms with E-state index in [0.717, 1.165) is 30.9 Å². The molecule has 8 nitrogen and oxygen atoms in total. The fourth-order valence-corrected chi connectivity index (χ4v) is 2.70. The molecule has 0 radical (unpaired) electrons. The van der Waals surface area contributed by atoms with Crippen molar-refractivity contribution in [2.45, 2.75) is 6.54 Å². The fourth-order valence-electron chi connectivity index (χ4n) is 2.70. The van der Waals surface area contributed by atoms with Crippen molar-refractivity contribution < 1.29 is 4.79 Å². The van der Waals surface area contributed by atoms with E-state index in [0.29, 0.717) is 13.1 Å². The summed E-state index contributed by atoms with van der Waals surface area (Å²) in [7, 11) is 1.88. The molecule has 0 atom stereocenters. The highest BCUT2D eigenvalue weighted by atomic mass is 16.2. The molecule has 3 rings (SSSR count). The first-order chi connectivity index (χ1) is 12.2. The van der Waals surface area contributed by atoms with E-state index in [2.05, 4.69) is 20.9 Å². The van der Waals surface area contributed by atoms with Crippen LogP contribution in [0.5, 0.6) is 0 Å². The molecule has 0 unspecified atom stereocenters. The van der Waals surface area contributed by atoms with Gasteiger partial charge >= 0.3 is 11.7 Å². The highest BCUT2D eigenvalue weighted by Gasteiger charge is 2.16. The maximum Gasteiger partial charge on any atom is 0.354 e. The van der Waals surface area contributed by atoms with Gasteiger partial charge in [-0.3, -0.25) is 9.88 Å². The van der Waals surface area contributed by atoms with Gasteiger partial charge in [-0.2, -0.15) is 4.98 Å². The summed E-state index contributed by atoms with van der Waals surface area (Å²) >= 11 is 0. The topological polar surface area (TPSA) is 91.3 Å². The number of nitrogens with zero attached hydrogens (tertiary/aromatic N) is 3. The number of benzene rings is 1. The van der Waals surface area contributed by atoms with Crippen molar-refractivity contribution in [1.82, 2.24) is 25.1 Å². The van der Waals surface area contributed by atoms with Crippen LogP contribution in [0.2, 0.25) is 0 Å². The van der Waals surface area contributed by atoms with Gasteiger partial charge in [0.2, 0.25) is 0 Å². The first kappa shape index (κ1) is 17.1. The van der Waals surface area contributed by atoms with Crippen LogP contribution in [0.3, 0.4) is 0 Å². The average molecular weight is 342 g/mol. The van der Waals surface area contributed by atoms with Gasteiger partial charge in [-0.25, -0.2) is 9.59 Å². The van der Waals surface area contributed by atoms with Gasteiger partial charge in [-0.1, -0.05) is 12.1 Å². The van der Waals surface area contributed by atoms with Crippen LogP contribution in [0, 0.1) is 0 Å². The quantitative estimate of drug-likeness (QED) is 0.748. The molecule has 1 aromatic carbocycles. The van der Waals surface area contributed by atoms with Gasteiger partial charge in [-0.05, 0) is 30.8 Å². The smallest absolute Gasteiger partial charge is 0.322 e. The molecule has 3 N–H and O–H groups in total. The third kappa shape index (κ3) is 4.23. The van der Waals surface area contributed by atoms with Gasteiger partial charge < -0.3 is 15.5 Å². The molecule has 132 valence electrons. The molecule has 0 aliphatic carbocycles. The minimum atomic E-state index is -0.431. The molecule has 8 heteroatoms. The van der Waals surface area contributed by atoms with E-state index < -0.39 is 5.69 Å². The predicted molar refractivity (Wildman–Crippen MR) is 96.1 cm³/mol. The third-order valence-corrected chi connectivity index (χ3v) is 4.04. The largest absolute Gasteiger partial charge is 0.354 e. The summed E-state index contributed by atoms with van der Waals surface area (Å²) in [6, 6.07) is 9.05. The van der Waals surface area contributed by atoms with Crippen molar-refractivity contribution in [1.29, 1.82) is 0 Å². The summed E-state index contributed by atoms with van der Waals surface area (Å²) < 4.78 is 1.45. The zero-order valence-electron chi connectivity index (χ0n) is 14.2. The molecular weight excluding hydrogens is 320 g/mol. The van der Waals surface area contributed by atoms with Crippen LogP contribution in [0.4, 0.5) is 10.6 Å². The van der Waals surface area contributed by atoms with Gasteiger partial charge in [0, 0.05) is 38.9 Å². The molecule has 0 spiro atoms. The third-order valence-electron chi connectivity index (χ3n) is 4.04. The van der Waals surface area contributed by atoms with Gasteiger partial charge in [0.05, 0.1) is 5.69 Å². The summed E-state index contributed by atoms with van der Waals surface area (Å²) in [4.78, 5) is 30.1. The molecule has 1 aliphatic heterocycles. The number of hydrogen-bond donors (Lipinski definition) is 3. The Bertz CT molecular complexity index is 780. The zero-order chi connectivity index (χ0) is 17.6. The van der Waals surface area contributed by atoms with Crippen molar-refractivity contribution in [3.8, 4) is 5.69 Å². The lowest BCUT2D eigenvalue weighted by atomic mass is 10.2. The predicted octanol–water partition coefficient (Wildman–Crippen LogP) is 0.389. The lowest BCUT2D eigenvalue weighted by Crippen LogP contribution is -2.48. The molecule has 1 fully saturated rings. The van der Waals surface area contributed by atoms with Crippen LogP contribution in [0.15, 0.2) is 41.3 Å². The molecule has 1 aromatic heterocycles. The summed E-state index contributed by atoms with van der Waals surface area (Å²) in [6.07, 6.45) is 1.62. The summed E-state index contributed by atoms with van der Waals surface area (Å²) in [6.45, 7) is 3.59. The Labute approximate surface area is 145 Å². The minimum absolute atomic E-state index is 0.234. The Morgan fingerprint density at radius 2 is 1.92 bits per heavy atom. The van der Waals surface area contributed by atoms with E-state index in [4.69, 9.17) is 0 Å². The molecule has 2 aromatic rings.